The molecule has 11 heteroatoms. The summed E-state index contributed by atoms with van der Waals surface area (Å²) in [6, 6.07) is 12.3. The monoisotopic (exact) mass is 495 g/mol. The molecule has 0 saturated carbocycles. The van der Waals surface area contributed by atoms with Crippen LogP contribution in [0.2, 0.25) is 0 Å². The molecule has 176 valence electrons. The van der Waals surface area contributed by atoms with E-state index in [1.807, 2.05) is 31.2 Å². The summed E-state index contributed by atoms with van der Waals surface area (Å²) in [5, 5.41) is 5.02. The number of hydrogen-bond donors (Lipinski definition) is 0. The van der Waals surface area contributed by atoms with Gasteiger partial charge >= 0.3 is 6.18 Å². The van der Waals surface area contributed by atoms with Gasteiger partial charge in [-0.05, 0) is 49.7 Å². The van der Waals surface area contributed by atoms with Crippen LogP contribution >= 0.6 is 11.3 Å². The molecule has 0 atom stereocenters. The highest BCUT2D eigenvalue weighted by atomic mass is 32.1. The van der Waals surface area contributed by atoms with Gasteiger partial charge in [-0.15, -0.1) is 16.4 Å². The van der Waals surface area contributed by atoms with Crippen molar-refractivity contribution in [3.05, 3.63) is 71.4 Å². The van der Waals surface area contributed by atoms with Gasteiger partial charge in [0.2, 0.25) is 5.82 Å². The maximum absolute atomic E-state index is 13.2. The molecule has 0 fully saturated rings. The molecule has 0 amide bonds. The summed E-state index contributed by atoms with van der Waals surface area (Å²) in [5.74, 6) is 2.11. The average Bonchev–Trinajstić information content (AvgIpc) is 3.53. The smallest absolute Gasteiger partial charge is 0.433 e. The molecule has 0 radical (unpaired) electrons. The molecule has 7 nitrogen and oxygen atoms in total. The minimum Gasteiger partial charge on any atom is -0.486 e. The predicted octanol–water partition coefficient (Wildman–Crippen LogP) is 6.36. The van der Waals surface area contributed by atoms with Crippen LogP contribution in [-0.4, -0.2) is 24.6 Å². The van der Waals surface area contributed by atoms with E-state index in [4.69, 9.17) is 9.15 Å². The summed E-state index contributed by atoms with van der Waals surface area (Å²) in [4.78, 5) is 13.1. The predicted molar refractivity (Wildman–Crippen MR) is 124 cm³/mol. The van der Waals surface area contributed by atoms with Crippen LogP contribution in [0.3, 0.4) is 0 Å². The first kappa shape index (κ1) is 21.5. The number of nitrogens with zero attached hydrogens (tertiary/aromatic N) is 5. The van der Waals surface area contributed by atoms with Crippen molar-refractivity contribution in [1.29, 1.82) is 0 Å². The second kappa shape index (κ2) is 7.77. The van der Waals surface area contributed by atoms with Crippen LogP contribution in [0.25, 0.3) is 37.7 Å². The molecular formula is C24H16F3N5O2S. The van der Waals surface area contributed by atoms with E-state index in [0.717, 1.165) is 28.7 Å². The Morgan fingerprint density at radius 2 is 1.86 bits per heavy atom. The Labute approximate surface area is 199 Å². The number of benzene rings is 1. The molecule has 0 saturated heterocycles. The first-order chi connectivity index (χ1) is 16.8. The number of rotatable bonds is 4. The highest BCUT2D eigenvalue weighted by molar-refractivity contribution is 7.26. The van der Waals surface area contributed by atoms with Crippen LogP contribution in [-0.2, 0) is 12.8 Å². The molecule has 0 aliphatic heterocycles. The lowest BCUT2D eigenvalue weighted by atomic mass is 10.1. The van der Waals surface area contributed by atoms with E-state index in [0.29, 0.717) is 44.2 Å². The lowest BCUT2D eigenvalue weighted by Gasteiger charge is -2.06. The normalized spacial score (nSPS) is 12.3. The van der Waals surface area contributed by atoms with Gasteiger partial charge in [0.15, 0.2) is 11.4 Å². The van der Waals surface area contributed by atoms with Gasteiger partial charge in [-0.1, -0.05) is 17.7 Å². The second-order valence-electron chi connectivity index (χ2n) is 8.10. The largest absolute Gasteiger partial charge is 0.486 e. The molecule has 35 heavy (non-hydrogen) atoms. The van der Waals surface area contributed by atoms with Crippen molar-refractivity contribution >= 4 is 37.4 Å². The fourth-order valence-electron chi connectivity index (χ4n) is 3.82. The highest BCUT2D eigenvalue weighted by Gasteiger charge is 2.33. The molecule has 0 bridgehead atoms. The van der Waals surface area contributed by atoms with E-state index in [-0.39, 0.29) is 11.4 Å². The van der Waals surface area contributed by atoms with E-state index in [1.54, 1.807) is 19.1 Å². The third-order valence-corrected chi connectivity index (χ3v) is 6.61. The minimum absolute atomic E-state index is 0.241. The number of pyridine rings is 1. The number of aromatic nitrogens is 5. The number of ether oxygens (including phenoxy) is 1. The van der Waals surface area contributed by atoms with Crippen molar-refractivity contribution in [2.75, 3.05) is 0 Å². The van der Waals surface area contributed by atoms with Crippen LogP contribution in [0, 0.1) is 13.8 Å². The Kier molecular flexibility index (Phi) is 4.78. The Bertz CT molecular complexity index is 1720. The van der Waals surface area contributed by atoms with Crippen molar-refractivity contribution in [3.63, 3.8) is 0 Å². The Balaban J connectivity index is 1.36. The molecule has 0 aliphatic carbocycles. The number of thiophene rings is 1. The zero-order valence-corrected chi connectivity index (χ0v) is 19.2. The number of alkyl halides is 3. The number of furan rings is 1. The summed E-state index contributed by atoms with van der Waals surface area (Å²) < 4.78 is 53.4. The highest BCUT2D eigenvalue weighted by Crippen LogP contribution is 2.38. The third-order valence-electron chi connectivity index (χ3n) is 5.54. The van der Waals surface area contributed by atoms with Gasteiger partial charge in [-0.2, -0.15) is 13.2 Å². The van der Waals surface area contributed by atoms with Gasteiger partial charge in [-0.3, -0.25) is 0 Å². The van der Waals surface area contributed by atoms with Crippen LogP contribution in [0.4, 0.5) is 13.2 Å². The summed E-state index contributed by atoms with van der Waals surface area (Å²) in [7, 11) is 0. The number of fused-ring (bicyclic) bond motifs is 5. The Morgan fingerprint density at radius 1 is 1.06 bits per heavy atom. The van der Waals surface area contributed by atoms with Gasteiger partial charge in [-0.25, -0.2) is 19.5 Å². The van der Waals surface area contributed by atoms with E-state index >= 15 is 0 Å². The number of halogens is 3. The van der Waals surface area contributed by atoms with Crippen molar-refractivity contribution in [3.8, 4) is 17.3 Å². The molecule has 1 aromatic carbocycles. The van der Waals surface area contributed by atoms with E-state index in [1.165, 1.54) is 10.8 Å². The summed E-state index contributed by atoms with van der Waals surface area (Å²) in [5.41, 5.74) is 1.68. The molecule has 6 rings (SSSR count). The zero-order chi connectivity index (χ0) is 24.3. The molecule has 0 aliphatic rings. The quantitative estimate of drug-likeness (QED) is 0.283. The van der Waals surface area contributed by atoms with E-state index in [2.05, 4.69) is 20.1 Å². The van der Waals surface area contributed by atoms with Crippen molar-refractivity contribution in [2.24, 2.45) is 0 Å². The fourth-order valence-corrected chi connectivity index (χ4v) is 5.00. The summed E-state index contributed by atoms with van der Waals surface area (Å²) >= 11 is 1.11. The molecule has 0 spiro atoms. The first-order valence-electron chi connectivity index (χ1n) is 10.6. The maximum Gasteiger partial charge on any atom is 0.433 e. The van der Waals surface area contributed by atoms with Gasteiger partial charge in [0.05, 0.1) is 5.52 Å². The third kappa shape index (κ3) is 3.77. The van der Waals surface area contributed by atoms with Gasteiger partial charge in [0, 0.05) is 5.39 Å². The molecule has 5 heterocycles. The molecular weight excluding hydrogens is 479 g/mol. The number of aryl methyl sites for hydroxylation is 2. The van der Waals surface area contributed by atoms with Crippen molar-refractivity contribution in [2.45, 2.75) is 26.6 Å². The molecule has 0 unspecified atom stereocenters. The van der Waals surface area contributed by atoms with Crippen LogP contribution in [0.1, 0.15) is 22.6 Å². The van der Waals surface area contributed by atoms with E-state index < -0.39 is 11.9 Å². The zero-order valence-electron chi connectivity index (χ0n) is 18.4. The Morgan fingerprint density at radius 3 is 2.63 bits per heavy atom. The topological polar surface area (TPSA) is 78.3 Å². The summed E-state index contributed by atoms with van der Waals surface area (Å²) in [6.45, 7) is 3.87. The molecule has 6 aromatic rings. The second-order valence-corrected chi connectivity index (χ2v) is 9.10. The molecule has 5 aromatic heterocycles. The van der Waals surface area contributed by atoms with Gasteiger partial charge < -0.3 is 9.15 Å². The SMILES string of the molecule is Cc1ccc(OCc2ccc(-c3nc4c5sc6nc(C(F)(F)F)cc(C)c6c5ncn4n3)o2)cc1. The van der Waals surface area contributed by atoms with Crippen LogP contribution in [0.15, 0.2) is 53.2 Å². The van der Waals surface area contributed by atoms with Crippen LogP contribution in [0.5, 0.6) is 5.75 Å². The minimum atomic E-state index is -4.53. The Hall–Kier alpha value is -3.99. The lowest BCUT2D eigenvalue weighted by Crippen LogP contribution is -2.07. The lowest BCUT2D eigenvalue weighted by molar-refractivity contribution is -0.141. The fraction of sp³-hybridized carbons (Fsp3) is 0.167. The van der Waals surface area contributed by atoms with E-state index in [9.17, 15) is 13.2 Å². The average molecular weight is 495 g/mol. The first-order valence-corrected chi connectivity index (χ1v) is 11.4. The molecule has 0 N–H and O–H groups in total. The standard InChI is InChI=1S/C24H16F3N5O2S/c1-12-3-5-14(6-4-12)33-10-15-7-8-16(34-15)21-30-22-20-19(28-11-32(22)31-21)18-13(2)9-17(24(25,26)27)29-23(18)35-20/h3-9,11H,10H2,1-2H3. The van der Waals surface area contributed by atoms with Gasteiger partial charge in [0.1, 0.15) is 39.7 Å². The summed E-state index contributed by atoms with van der Waals surface area (Å²) in [6.07, 6.45) is -3.04. The maximum atomic E-state index is 13.2. The van der Waals surface area contributed by atoms with Gasteiger partial charge in [0.25, 0.3) is 0 Å². The number of hydrogen-bond acceptors (Lipinski definition) is 7. The van der Waals surface area contributed by atoms with Crippen molar-refractivity contribution < 1.29 is 22.3 Å². The van der Waals surface area contributed by atoms with Crippen molar-refractivity contribution in [1.82, 2.24) is 24.6 Å². The van der Waals surface area contributed by atoms with Crippen LogP contribution < -0.4 is 4.74 Å².